The van der Waals surface area contributed by atoms with Crippen LogP contribution in [0.3, 0.4) is 0 Å². The number of aromatic nitrogens is 2. The summed E-state index contributed by atoms with van der Waals surface area (Å²) in [5.74, 6) is 0. The SMILES string of the molecule is Cc1ccc(CCc2cc(=O)c(=O)[nH][nH]2)c(Cl)c1. The normalized spacial score (nSPS) is 10.6. The summed E-state index contributed by atoms with van der Waals surface area (Å²) in [6.45, 7) is 1.98. The van der Waals surface area contributed by atoms with Gasteiger partial charge in [0.1, 0.15) is 0 Å². The maximum Gasteiger partial charge on any atom is 0.310 e. The average molecular weight is 265 g/mol. The number of nitrogens with one attached hydrogen (secondary N) is 2. The maximum absolute atomic E-state index is 11.2. The van der Waals surface area contributed by atoms with Gasteiger partial charge in [0.15, 0.2) is 0 Å². The number of hydrogen-bond acceptors (Lipinski definition) is 2. The Balaban J connectivity index is 2.13. The number of halogens is 1. The van der Waals surface area contributed by atoms with Crippen LogP contribution in [0.4, 0.5) is 0 Å². The number of hydrogen-bond donors (Lipinski definition) is 2. The number of aryl methyl sites for hydroxylation is 3. The van der Waals surface area contributed by atoms with Crippen LogP contribution in [-0.2, 0) is 12.8 Å². The van der Waals surface area contributed by atoms with Gasteiger partial charge in [0.05, 0.1) is 0 Å². The van der Waals surface area contributed by atoms with Crippen molar-refractivity contribution in [3.8, 4) is 0 Å². The molecule has 0 aliphatic rings. The molecule has 1 aromatic carbocycles. The van der Waals surface area contributed by atoms with Crippen LogP contribution in [0.15, 0.2) is 33.9 Å². The van der Waals surface area contributed by atoms with Gasteiger partial charge in [0, 0.05) is 16.8 Å². The zero-order chi connectivity index (χ0) is 13.1. The molecule has 1 heterocycles. The van der Waals surface area contributed by atoms with Crippen molar-refractivity contribution in [2.75, 3.05) is 0 Å². The van der Waals surface area contributed by atoms with E-state index in [4.69, 9.17) is 11.6 Å². The number of H-pyrrole nitrogens is 2. The third-order valence-corrected chi connectivity index (χ3v) is 3.09. The largest absolute Gasteiger partial charge is 0.310 e. The molecule has 0 aliphatic heterocycles. The van der Waals surface area contributed by atoms with E-state index in [0.29, 0.717) is 18.5 Å². The lowest BCUT2D eigenvalue weighted by molar-refractivity contribution is 0.838. The smallest absolute Gasteiger partial charge is 0.302 e. The highest BCUT2D eigenvalue weighted by Crippen LogP contribution is 2.18. The zero-order valence-corrected chi connectivity index (χ0v) is 10.7. The van der Waals surface area contributed by atoms with Crippen LogP contribution in [0.2, 0.25) is 5.02 Å². The fraction of sp³-hybridized carbons (Fsp3) is 0.231. The van der Waals surface area contributed by atoms with E-state index in [2.05, 4.69) is 10.2 Å². The van der Waals surface area contributed by atoms with Crippen LogP contribution in [-0.4, -0.2) is 10.2 Å². The van der Waals surface area contributed by atoms with Gasteiger partial charge in [-0.1, -0.05) is 23.7 Å². The van der Waals surface area contributed by atoms with E-state index in [-0.39, 0.29) is 0 Å². The first-order valence-corrected chi connectivity index (χ1v) is 6.00. The van der Waals surface area contributed by atoms with Crippen LogP contribution in [0, 0.1) is 6.92 Å². The molecule has 2 aromatic rings. The first kappa shape index (κ1) is 12.6. The fourth-order valence-corrected chi connectivity index (χ4v) is 2.05. The van der Waals surface area contributed by atoms with Gasteiger partial charge in [0.25, 0.3) is 0 Å². The molecule has 0 amide bonds. The molecule has 0 atom stereocenters. The molecule has 0 radical (unpaired) electrons. The van der Waals surface area contributed by atoms with Crippen molar-refractivity contribution in [2.24, 2.45) is 0 Å². The van der Waals surface area contributed by atoms with Gasteiger partial charge in [-0.05, 0) is 37.0 Å². The second kappa shape index (κ2) is 5.23. The molecular formula is C13H13ClN2O2. The molecule has 0 fully saturated rings. The second-order valence-electron chi connectivity index (χ2n) is 4.21. The Labute approximate surface area is 109 Å². The van der Waals surface area contributed by atoms with Crippen molar-refractivity contribution in [2.45, 2.75) is 19.8 Å². The summed E-state index contributed by atoms with van der Waals surface area (Å²) >= 11 is 6.12. The summed E-state index contributed by atoms with van der Waals surface area (Å²) in [7, 11) is 0. The third-order valence-electron chi connectivity index (χ3n) is 2.74. The topological polar surface area (TPSA) is 65.7 Å². The molecule has 18 heavy (non-hydrogen) atoms. The quantitative estimate of drug-likeness (QED) is 0.831. The lowest BCUT2D eigenvalue weighted by Gasteiger charge is -2.05. The summed E-state index contributed by atoms with van der Waals surface area (Å²) < 4.78 is 0. The van der Waals surface area contributed by atoms with Crippen molar-refractivity contribution in [1.29, 1.82) is 0 Å². The van der Waals surface area contributed by atoms with Crippen molar-refractivity contribution >= 4 is 11.6 Å². The molecule has 2 rings (SSSR count). The molecule has 4 nitrogen and oxygen atoms in total. The molecule has 0 saturated heterocycles. The Kier molecular flexibility index (Phi) is 3.67. The molecule has 0 unspecified atom stereocenters. The highest BCUT2D eigenvalue weighted by atomic mass is 35.5. The monoisotopic (exact) mass is 264 g/mol. The van der Waals surface area contributed by atoms with Crippen LogP contribution in [0.5, 0.6) is 0 Å². The van der Waals surface area contributed by atoms with Gasteiger partial charge < -0.3 is 5.10 Å². The fourth-order valence-electron chi connectivity index (χ4n) is 1.72. The lowest BCUT2D eigenvalue weighted by Crippen LogP contribution is -2.27. The highest BCUT2D eigenvalue weighted by Gasteiger charge is 2.03. The summed E-state index contributed by atoms with van der Waals surface area (Å²) in [4.78, 5) is 22.1. The van der Waals surface area contributed by atoms with Crippen LogP contribution in [0.25, 0.3) is 0 Å². The second-order valence-corrected chi connectivity index (χ2v) is 4.62. The van der Waals surface area contributed by atoms with E-state index in [1.807, 2.05) is 25.1 Å². The minimum atomic E-state index is -0.632. The Bertz CT molecular complexity index is 673. The number of benzene rings is 1. The van der Waals surface area contributed by atoms with E-state index in [1.54, 1.807) is 0 Å². The number of rotatable bonds is 3. The van der Waals surface area contributed by atoms with Gasteiger partial charge in [-0.15, -0.1) is 0 Å². The summed E-state index contributed by atoms with van der Waals surface area (Å²) in [6.07, 6.45) is 1.33. The lowest BCUT2D eigenvalue weighted by atomic mass is 10.1. The van der Waals surface area contributed by atoms with E-state index in [9.17, 15) is 9.59 Å². The predicted octanol–water partition coefficient (Wildman–Crippen LogP) is 1.81. The Morgan fingerprint density at radius 2 is 1.89 bits per heavy atom. The minimum absolute atomic E-state index is 0.529. The Hall–Kier alpha value is -1.81. The summed E-state index contributed by atoms with van der Waals surface area (Å²) in [5.41, 5.74) is 1.66. The highest BCUT2D eigenvalue weighted by molar-refractivity contribution is 6.31. The molecule has 1 aromatic heterocycles. The molecule has 0 aliphatic carbocycles. The maximum atomic E-state index is 11.2. The summed E-state index contributed by atoms with van der Waals surface area (Å²) in [6, 6.07) is 7.20. The van der Waals surface area contributed by atoms with Gasteiger partial charge in [-0.3, -0.25) is 14.7 Å². The predicted molar refractivity (Wildman–Crippen MR) is 71.3 cm³/mol. The minimum Gasteiger partial charge on any atom is -0.302 e. The average Bonchev–Trinajstić information content (AvgIpc) is 2.32. The molecular weight excluding hydrogens is 252 g/mol. The van der Waals surface area contributed by atoms with Crippen molar-refractivity contribution in [3.05, 3.63) is 66.7 Å². The molecule has 0 spiro atoms. The Morgan fingerprint density at radius 1 is 1.11 bits per heavy atom. The van der Waals surface area contributed by atoms with Gasteiger partial charge in [0.2, 0.25) is 5.43 Å². The molecule has 94 valence electrons. The standard InChI is InChI=1S/C13H13ClN2O2/c1-8-2-3-9(11(14)6-8)4-5-10-7-12(17)13(18)16-15-10/h2-3,6-7H,4-5H2,1H3,(H,15,17)(H,16,18). The Morgan fingerprint density at radius 3 is 2.56 bits per heavy atom. The third kappa shape index (κ3) is 2.90. The summed E-state index contributed by atoms with van der Waals surface area (Å²) in [5, 5.41) is 5.72. The van der Waals surface area contributed by atoms with E-state index >= 15 is 0 Å². The van der Waals surface area contributed by atoms with Crippen LogP contribution in [0.1, 0.15) is 16.8 Å². The van der Waals surface area contributed by atoms with Gasteiger partial charge >= 0.3 is 5.56 Å². The molecule has 0 saturated carbocycles. The van der Waals surface area contributed by atoms with E-state index < -0.39 is 11.0 Å². The van der Waals surface area contributed by atoms with Crippen LogP contribution < -0.4 is 11.0 Å². The van der Waals surface area contributed by atoms with E-state index in [0.717, 1.165) is 16.1 Å². The molecule has 2 N–H and O–H groups in total. The molecule has 0 bridgehead atoms. The van der Waals surface area contributed by atoms with Gasteiger partial charge in [-0.25, -0.2) is 0 Å². The first-order valence-electron chi connectivity index (χ1n) is 5.62. The first-order chi connectivity index (χ1) is 8.56. The van der Waals surface area contributed by atoms with Gasteiger partial charge in [-0.2, -0.15) is 0 Å². The zero-order valence-electron chi connectivity index (χ0n) is 9.92. The van der Waals surface area contributed by atoms with Crippen LogP contribution >= 0.6 is 11.6 Å². The van der Waals surface area contributed by atoms with E-state index in [1.165, 1.54) is 6.07 Å². The van der Waals surface area contributed by atoms with Crippen molar-refractivity contribution in [3.63, 3.8) is 0 Å². The van der Waals surface area contributed by atoms with Crippen molar-refractivity contribution < 1.29 is 0 Å². The number of aromatic amines is 2. The molecule has 5 heteroatoms. The van der Waals surface area contributed by atoms with Crippen molar-refractivity contribution in [1.82, 2.24) is 10.2 Å².